The molecule has 90 valence electrons. The molecule has 1 heterocycles. The van der Waals surface area contributed by atoms with Gasteiger partial charge in [-0.15, -0.1) is 0 Å². The standard InChI is InChI=1S/C12H15ClN4/c13-10-3-1-4-11(16-6-2-5-14)12(10)17-8-7-15-9-17/h1,3-4,7-9,16H,2,5-6,14H2. The molecule has 0 saturated carbocycles. The first-order chi connectivity index (χ1) is 8.33. The molecule has 0 radical (unpaired) electrons. The summed E-state index contributed by atoms with van der Waals surface area (Å²) >= 11 is 6.22. The molecule has 1 aromatic carbocycles. The molecular formula is C12H15ClN4. The molecule has 0 unspecified atom stereocenters. The number of halogens is 1. The smallest absolute Gasteiger partial charge is 0.0992 e. The second kappa shape index (κ2) is 5.70. The van der Waals surface area contributed by atoms with E-state index in [0.717, 1.165) is 24.3 Å². The number of para-hydroxylation sites is 1. The summed E-state index contributed by atoms with van der Waals surface area (Å²) in [4.78, 5) is 4.03. The minimum Gasteiger partial charge on any atom is -0.383 e. The molecule has 4 nitrogen and oxygen atoms in total. The maximum atomic E-state index is 6.22. The molecule has 0 amide bonds. The lowest BCUT2D eigenvalue weighted by atomic mass is 10.2. The number of imidazole rings is 1. The fourth-order valence-corrected chi connectivity index (χ4v) is 1.91. The lowest BCUT2D eigenvalue weighted by Crippen LogP contribution is -2.10. The van der Waals surface area contributed by atoms with E-state index in [1.165, 1.54) is 0 Å². The number of nitrogens with one attached hydrogen (secondary N) is 1. The van der Waals surface area contributed by atoms with Crippen molar-refractivity contribution in [2.45, 2.75) is 6.42 Å². The molecule has 2 rings (SSSR count). The van der Waals surface area contributed by atoms with Gasteiger partial charge in [0.25, 0.3) is 0 Å². The quantitative estimate of drug-likeness (QED) is 0.801. The van der Waals surface area contributed by atoms with Crippen LogP contribution in [0.4, 0.5) is 5.69 Å². The fourth-order valence-electron chi connectivity index (χ4n) is 1.64. The van der Waals surface area contributed by atoms with Crippen LogP contribution < -0.4 is 11.1 Å². The summed E-state index contributed by atoms with van der Waals surface area (Å²) in [7, 11) is 0. The summed E-state index contributed by atoms with van der Waals surface area (Å²) < 4.78 is 1.90. The lowest BCUT2D eigenvalue weighted by Gasteiger charge is -2.13. The van der Waals surface area contributed by atoms with Gasteiger partial charge in [-0.2, -0.15) is 0 Å². The second-order valence-electron chi connectivity index (χ2n) is 3.67. The molecule has 17 heavy (non-hydrogen) atoms. The molecule has 0 aliphatic heterocycles. The largest absolute Gasteiger partial charge is 0.383 e. The van der Waals surface area contributed by atoms with E-state index in [9.17, 15) is 0 Å². The first-order valence-corrected chi connectivity index (χ1v) is 5.91. The number of hydrogen-bond acceptors (Lipinski definition) is 3. The number of nitrogens with two attached hydrogens (primary N) is 1. The van der Waals surface area contributed by atoms with Crippen LogP contribution in [-0.4, -0.2) is 22.6 Å². The Labute approximate surface area is 105 Å². The monoisotopic (exact) mass is 250 g/mol. The molecule has 0 fully saturated rings. The predicted molar refractivity (Wildman–Crippen MR) is 70.7 cm³/mol. The summed E-state index contributed by atoms with van der Waals surface area (Å²) in [6, 6.07) is 5.79. The molecular weight excluding hydrogens is 236 g/mol. The average Bonchev–Trinajstić information content (AvgIpc) is 2.83. The minimum absolute atomic E-state index is 0.675. The van der Waals surface area contributed by atoms with Crippen LogP contribution in [0.3, 0.4) is 0 Å². The van der Waals surface area contributed by atoms with Gasteiger partial charge in [0, 0.05) is 18.9 Å². The molecule has 2 aromatic rings. The molecule has 0 bridgehead atoms. The molecule has 5 heteroatoms. The zero-order chi connectivity index (χ0) is 12.1. The van der Waals surface area contributed by atoms with Gasteiger partial charge in [-0.25, -0.2) is 4.98 Å². The van der Waals surface area contributed by atoms with E-state index in [-0.39, 0.29) is 0 Å². The van der Waals surface area contributed by atoms with Crippen LogP contribution in [0.15, 0.2) is 36.9 Å². The van der Waals surface area contributed by atoms with E-state index in [1.807, 2.05) is 29.0 Å². The number of nitrogens with zero attached hydrogens (tertiary/aromatic N) is 2. The van der Waals surface area contributed by atoms with E-state index < -0.39 is 0 Å². The van der Waals surface area contributed by atoms with Gasteiger partial charge in [0.05, 0.1) is 22.7 Å². The van der Waals surface area contributed by atoms with Crippen LogP contribution in [0.1, 0.15) is 6.42 Å². The van der Waals surface area contributed by atoms with E-state index in [4.69, 9.17) is 17.3 Å². The number of aromatic nitrogens is 2. The maximum absolute atomic E-state index is 6.22. The van der Waals surface area contributed by atoms with Gasteiger partial charge in [0.15, 0.2) is 0 Å². The molecule has 0 atom stereocenters. The summed E-state index contributed by atoms with van der Waals surface area (Å²) in [6.45, 7) is 1.51. The van der Waals surface area contributed by atoms with Gasteiger partial charge in [-0.3, -0.25) is 0 Å². The fraction of sp³-hybridized carbons (Fsp3) is 0.250. The van der Waals surface area contributed by atoms with Gasteiger partial charge in [-0.1, -0.05) is 17.7 Å². The summed E-state index contributed by atoms with van der Waals surface area (Å²) in [5.74, 6) is 0. The lowest BCUT2D eigenvalue weighted by molar-refractivity contribution is 0.872. The van der Waals surface area contributed by atoms with Crippen LogP contribution in [0.25, 0.3) is 5.69 Å². The Balaban J connectivity index is 2.29. The molecule has 3 N–H and O–H groups in total. The third kappa shape index (κ3) is 2.78. The van der Waals surface area contributed by atoms with Crippen molar-refractivity contribution in [3.05, 3.63) is 41.9 Å². The molecule has 0 saturated heterocycles. The van der Waals surface area contributed by atoms with Crippen molar-refractivity contribution in [2.24, 2.45) is 5.73 Å². The molecule has 0 aliphatic rings. The number of benzene rings is 1. The van der Waals surface area contributed by atoms with E-state index in [2.05, 4.69) is 10.3 Å². The topological polar surface area (TPSA) is 55.9 Å². The Morgan fingerprint density at radius 3 is 3.00 bits per heavy atom. The highest BCUT2D eigenvalue weighted by atomic mass is 35.5. The van der Waals surface area contributed by atoms with Crippen molar-refractivity contribution < 1.29 is 0 Å². The summed E-state index contributed by atoms with van der Waals surface area (Å²) in [5.41, 5.74) is 7.38. The first kappa shape index (κ1) is 12.0. The highest BCUT2D eigenvalue weighted by Gasteiger charge is 2.07. The zero-order valence-electron chi connectivity index (χ0n) is 9.44. The molecule has 0 aliphatic carbocycles. The van der Waals surface area contributed by atoms with Crippen LogP contribution in [0, 0.1) is 0 Å². The van der Waals surface area contributed by atoms with Gasteiger partial charge in [0.1, 0.15) is 0 Å². The third-order valence-electron chi connectivity index (χ3n) is 2.45. The van der Waals surface area contributed by atoms with E-state index in [1.54, 1.807) is 12.5 Å². The average molecular weight is 251 g/mol. The van der Waals surface area contributed by atoms with E-state index >= 15 is 0 Å². The first-order valence-electron chi connectivity index (χ1n) is 5.53. The third-order valence-corrected chi connectivity index (χ3v) is 2.75. The molecule has 1 aromatic heterocycles. The highest BCUT2D eigenvalue weighted by Crippen LogP contribution is 2.28. The predicted octanol–water partition coefficient (Wildman–Crippen LogP) is 2.29. The zero-order valence-corrected chi connectivity index (χ0v) is 10.2. The maximum Gasteiger partial charge on any atom is 0.0992 e. The Hall–Kier alpha value is -1.52. The number of rotatable bonds is 5. The van der Waals surface area contributed by atoms with Gasteiger partial charge >= 0.3 is 0 Å². The Morgan fingerprint density at radius 2 is 2.29 bits per heavy atom. The van der Waals surface area contributed by atoms with Crippen molar-refractivity contribution in [3.63, 3.8) is 0 Å². The summed E-state index contributed by atoms with van der Waals surface area (Å²) in [5, 5.41) is 4.03. The number of hydrogen-bond donors (Lipinski definition) is 2. The Bertz CT molecular complexity index is 467. The normalized spacial score (nSPS) is 10.5. The highest BCUT2D eigenvalue weighted by molar-refractivity contribution is 6.33. The van der Waals surface area contributed by atoms with Crippen molar-refractivity contribution in [2.75, 3.05) is 18.4 Å². The van der Waals surface area contributed by atoms with Crippen LogP contribution in [0.5, 0.6) is 0 Å². The van der Waals surface area contributed by atoms with E-state index in [0.29, 0.717) is 11.6 Å². The van der Waals surface area contributed by atoms with Crippen LogP contribution in [0.2, 0.25) is 5.02 Å². The van der Waals surface area contributed by atoms with Crippen molar-refractivity contribution in [3.8, 4) is 5.69 Å². The summed E-state index contributed by atoms with van der Waals surface area (Å²) in [6.07, 6.45) is 6.26. The molecule has 0 spiro atoms. The minimum atomic E-state index is 0.675. The van der Waals surface area contributed by atoms with Crippen LogP contribution >= 0.6 is 11.6 Å². The van der Waals surface area contributed by atoms with Crippen LogP contribution in [-0.2, 0) is 0 Å². The van der Waals surface area contributed by atoms with Gasteiger partial charge in [-0.05, 0) is 25.1 Å². The number of anilines is 1. The Kier molecular flexibility index (Phi) is 4.01. The van der Waals surface area contributed by atoms with Crippen molar-refractivity contribution in [1.29, 1.82) is 0 Å². The van der Waals surface area contributed by atoms with Crippen molar-refractivity contribution in [1.82, 2.24) is 9.55 Å². The second-order valence-corrected chi connectivity index (χ2v) is 4.08. The SMILES string of the molecule is NCCCNc1cccc(Cl)c1-n1ccnc1. The van der Waals surface area contributed by atoms with Gasteiger partial charge in [0.2, 0.25) is 0 Å². The Morgan fingerprint density at radius 1 is 1.41 bits per heavy atom. The van der Waals surface area contributed by atoms with Gasteiger partial charge < -0.3 is 15.6 Å². The van der Waals surface area contributed by atoms with Crippen molar-refractivity contribution >= 4 is 17.3 Å².